The summed E-state index contributed by atoms with van der Waals surface area (Å²) in [6.07, 6.45) is -2.50. The van der Waals surface area contributed by atoms with Crippen LogP contribution in [-0.2, 0) is 17.5 Å². The van der Waals surface area contributed by atoms with Crippen molar-refractivity contribution in [1.29, 1.82) is 0 Å². The van der Waals surface area contributed by atoms with E-state index in [9.17, 15) is 27.9 Å². The van der Waals surface area contributed by atoms with Crippen LogP contribution < -0.4 is 15.4 Å². The van der Waals surface area contributed by atoms with E-state index in [1.807, 2.05) is 39.6 Å². The van der Waals surface area contributed by atoms with Crippen LogP contribution in [0.15, 0.2) is 42.5 Å². The van der Waals surface area contributed by atoms with Gasteiger partial charge in [0, 0.05) is 43.9 Å². The normalized spacial score (nSPS) is 20.9. The maximum atomic E-state index is 14.2. The maximum Gasteiger partial charge on any atom is 0.416 e. The Bertz CT molecular complexity index is 1270. The van der Waals surface area contributed by atoms with Crippen LogP contribution in [0.25, 0.3) is 0 Å². The topological polar surface area (TPSA) is 103 Å². The van der Waals surface area contributed by atoms with Gasteiger partial charge < -0.3 is 30.1 Å². The number of hydrogen-bond donors (Lipinski definition) is 3. The molecule has 0 bridgehead atoms. The zero-order valence-electron chi connectivity index (χ0n) is 27.7. The van der Waals surface area contributed by atoms with Gasteiger partial charge in [-0.15, -0.1) is 0 Å². The molecular weight excluding hydrogens is 601 g/mol. The minimum Gasteiger partial charge on any atom is -0.490 e. The number of carbonyl (C=O) groups excluding carboxylic acids is 2. The van der Waals surface area contributed by atoms with Crippen molar-refractivity contribution >= 4 is 17.6 Å². The highest BCUT2D eigenvalue weighted by atomic mass is 19.4. The molecule has 1 aliphatic heterocycles. The number of carbonyl (C=O) groups is 2. The van der Waals surface area contributed by atoms with E-state index in [1.54, 1.807) is 30.0 Å². The molecule has 46 heavy (non-hydrogen) atoms. The second-order valence-corrected chi connectivity index (χ2v) is 12.7. The van der Waals surface area contributed by atoms with Crippen molar-refractivity contribution in [3.63, 3.8) is 0 Å². The lowest BCUT2D eigenvalue weighted by Gasteiger charge is -2.36. The number of benzene rings is 2. The first-order valence-electron chi connectivity index (χ1n) is 15.9. The molecule has 256 valence electrons. The van der Waals surface area contributed by atoms with Crippen LogP contribution in [-0.4, -0.2) is 84.5 Å². The Balaban J connectivity index is 1.87. The molecule has 1 aliphatic rings. The van der Waals surface area contributed by atoms with E-state index in [4.69, 9.17) is 9.47 Å². The van der Waals surface area contributed by atoms with Gasteiger partial charge in [-0.3, -0.25) is 9.69 Å². The van der Waals surface area contributed by atoms with Gasteiger partial charge in [-0.2, -0.15) is 13.2 Å². The summed E-state index contributed by atoms with van der Waals surface area (Å²) in [5.74, 6) is -0.119. The molecule has 0 unspecified atom stereocenters. The summed E-state index contributed by atoms with van der Waals surface area (Å²) in [7, 11) is 1.89. The Hall–Kier alpha value is -3.35. The van der Waals surface area contributed by atoms with Crippen molar-refractivity contribution in [2.24, 2.45) is 5.92 Å². The molecule has 3 amide bonds. The van der Waals surface area contributed by atoms with E-state index in [-0.39, 0.29) is 48.8 Å². The van der Waals surface area contributed by atoms with E-state index < -0.39 is 23.8 Å². The van der Waals surface area contributed by atoms with Gasteiger partial charge in [-0.25, -0.2) is 4.79 Å². The predicted molar refractivity (Wildman–Crippen MR) is 172 cm³/mol. The number of rotatable bonds is 8. The number of nitrogens with one attached hydrogen (secondary N) is 2. The van der Waals surface area contributed by atoms with E-state index in [0.717, 1.165) is 37.0 Å². The molecule has 3 N–H and O–H groups in total. The molecule has 9 nitrogen and oxygen atoms in total. The predicted octanol–water partition coefficient (Wildman–Crippen LogP) is 6.16. The largest absolute Gasteiger partial charge is 0.490 e. The Morgan fingerprint density at radius 3 is 2.43 bits per heavy atom. The number of fused-ring (bicyclic) bond motifs is 1. The second kappa shape index (κ2) is 17.0. The minimum absolute atomic E-state index is 0.0744. The Morgan fingerprint density at radius 1 is 1.11 bits per heavy atom. The van der Waals surface area contributed by atoms with Crippen molar-refractivity contribution in [2.45, 2.75) is 90.9 Å². The summed E-state index contributed by atoms with van der Waals surface area (Å²) >= 11 is 0. The Labute approximate surface area is 270 Å². The summed E-state index contributed by atoms with van der Waals surface area (Å²) in [5.41, 5.74) is 0.758. The minimum atomic E-state index is -4.39. The number of alkyl halides is 3. The zero-order chi connectivity index (χ0) is 34.0. The third kappa shape index (κ3) is 11.2. The van der Waals surface area contributed by atoms with Gasteiger partial charge in [0.15, 0.2) is 0 Å². The van der Waals surface area contributed by atoms with Crippen molar-refractivity contribution in [3.8, 4) is 5.75 Å². The number of hydrogen-bond acceptors (Lipinski definition) is 6. The summed E-state index contributed by atoms with van der Waals surface area (Å²) in [6.45, 7) is 10.8. The number of halogens is 3. The van der Waals surface area contributed by atoms with Crippen LogP contribution >= 0.6 is 0 Å². The molecule has 0 spiro atoms. The average molecular weight is 651 g/mol. The average Bonchev–Trinajstić information content (AvgIpc) is 2.98. The quantitative estimate of drug-likeness (QED) is 0.316. The molecule has 0 fully saturated rings. The summed E-state index contributed by atoms with van der Waals surface area (Å²) in [6, 6.07) is 9.13. The summed E-state index contributed by atoms with van der Waals surface area (Å²) in [4.78, 5) is 30.2. The van der Waals surface area contributed by atoms with E-state index in [1.165, 1.54) is 12.1 Å². The number of anilines is 1. The molecule has 4 atom stereocenters. The van der Waals surface area contributed by atoms with Crippen LogP contribution in [0.2, 0.25) is 0 Å². The first-order valence-corrected chi connectivity index (χ1v) is 15.9. The number of aliphatic hydroxyl groups is 1. The Kier molecular flexibility index (Phi) is 13.7. The van der Waals surface area contributed by atoms with Gasteiger partial charge in [0.2, 0.25) is 0 Å². The van der Waals surface area contributed by atoms with Crippen molar-refractivity contribution < 1.29 is 37.3 Å². The van der Waals surface area contributed by atoms with Gasteiger partial charge in [-0.05, 0) is 89.9 Å². The fraction of sp³-hybridized carbons (Fsp3) is 0.588. The fourth-order valence-corrected chi connectivity index (χ4v) is 5.37. The van der Waals surface area contributed by atoms with E-state index in [2.05, 4.69) is 10.6 Å². The van der Waals surface area contributed by atoms with Gasteiger partial charge >= 0.3 is 12.2 Å². The maximum absolute atomic E-state index is 14.2. The van der Waals surface area contributed by atoms with Crippen molar-refractivity contribution in [3.05, 3.63) is 59.2 Å². The number of urea groups is 1. The lowest BCUT2D eigenvalue weighted by molar-refractivity contribution is -0.137. The Morgan fingerprint density at radius 2 is 1.80 bits per heavy atom. The monoisotopic (exact) mass is 650 g/mol. The van der Waals surface area contributed by atoms with E-state index in [0.29, 0.717) is 31.1 Å². The molecule has 2 aromatic carbocycles. The molecule has 0 aliphatic carbocycles. The number of ether oxygens (including phenoxy) is 2. The lowest BCUT2D eigenvalue weighted by Crippen LogP contribution is -2.47. The first kappa shape index (κ1) is 37.1. The fourth-order valence-electron chi connectivity index (χ4n) is 5.37. The molecule has 2 aromatic rings. The smallest absolute Gasteiger partial charge is 0.416 e. The van der Waals surface area contributed by atoms with Gasteiger partial charge in [0.25, 0.3) is 5.91 Å². The molecule has 0 aromatic heterocycles. The van der Waals surface area contributed by atoms with Crippen LogP contribution in [0.3, 0.4) is 0 Å². The highest BCUT2D eigenvalue weighted by molar-refractivity contribution is 5.99. The van der Waals surface area contributed by atoms with E-state index >= 15 is 0 Å². The third-order valence-corrected chi connectivity index (χ3v) is 7.95. The molecule has 0 radical (unpaired) electrons. The number of likely N-dealkylation sites (N-methyl/N-ethyl adjacent to an activating group) is 1. The standard InChI is InChI=1S/C34H49F3N4O5/c1-22(2)38-33(44)39-28-14-15-30-29(17-28)32(43)41(24(4)21-42)18-23(3)31(45-16-8-7-9-25(5)46-30)20-40(6)19-26-10-12-27(13-11-26)34(35,36)37/h10-15,17,22-25,31,42H,7-9,16,18-21H2,1-6H3,(H2,38,39,44)/t23-,24-,25-,31-/m0/s1. The van der Waals surface area contributed by atoms with Crippen LogP contribution in [0.5, 0.6) is 5.75 Å². The first-order chi connectivity index (χ1) is 21.7. The van der Waals surface area contributed by atoms with Gasteiger partial charge in [0.05, 0.1) is 36.0 Å². The SMILES string of the molecule is CC(C)NC(=O)Nc1ccc2c(c1)C(=O)N([C@@H](C)CO)C[C@H](C)[C@H](CN(C)Cc1ccc(C(F)(F)F)cc1)OCCCC[C@H](C)O2. The van der Waals surface area contributed by atoms with Crippen molar-refractivity contribution in [2.75, 3.05) is 38.7 Å². The lowest BCUT2D eigenvalue weighted by atomic mass is 10.0. The van der Waals surface area contributed by atoms with Gasteiger partial charge in [-0.1, -0.05) is 19.1 Å². The molecule has 12 heteroatoms. The molecule has 3 rings (SSSR count). The molecular formula is C34H49F3N4O5. The number of aliphatic hydroxyl groups excluding tert-OH is 1. The molecule has 0 saturated heterocycles. The highest BCUT2D eigenvalue weighted by Gasteiger charge is 2.31. The van der Waals surface area contributed by atoms with Crippen LogP contribution in [0.1, 0.15) is 75.4 Å². The van der Waals surface area contributed by atoms with Crippen LogP contribution in [0, 0.1) is 5.92 Å². The third-order valence-electron chi connectivity index (χ3n) is 7.95. The van der Waals surface area contributed by atoms with Gasteiger partial charge in [0.1, 0.15) is 5.75 Å². The van der Waals surface area contributed by atoms with Crippen molar-refractivity contribution in [1.82, 2.24) is 15.1 Å². The second-order valence-electron chi connectivity index (χ2n) is 12.7. The zero-order valence-corrected chi connectivity index (χ0v) is 27.7. The summed E-state index contributed by atoms with van der Waals surface area (Å²) in [5, 5.41) is 15.7. The summed E-state index contributed by atoms with van der Waals surface area (Å²) < 4.78 is 51.7. The molecule has 0 saturated carbocycles. The van der Waals surface area contributed by atoms with Crippen LogP contribution in [0.4, 0.5) is 23.7 Å². The molecule has 1 heterocycles. The highest BCUT2D eigenvalue weighted by Crippen LogP contribution is 2.30. The number of nitrogens with zero attached hydrogens (tertiary/aromatic N) is 2. The number of amides is 3.